The van der Waals surface area contributed by atoms with Gasteiger partial charge < -0.3 is 10.2 Å². The molecule has 174 valence electrons. The summed E-state index contributed by atoms with van der Waals surface area (Å²) in [6, 6.07) is 3.20. The summed E-state index contributed by atoms with van der Waals surface area (Å²) in [7, 11) is 0. The number of nitrogens with one attached hydrogen (secondary N) is 1. The molecule has 4 rings (SSSR count). The smallest absolute Gasteiger partial charge is 0.323 e. The Hall–Kier alpha value is -2.46. The first kappa shape index (κ1) is 22.7. The molecule has 0 spiro atoms. The fourth-order valence-electron chi connectivity index (χ4n) is 4.60. The highest BCUT2D eigenvalue weighted by Crippen LogP contribution is 2.33. The number of carbonyl (C=O) groups is 1. The Morgan fingerprint density at radius 2 is 1.78 bits per heavy atom. The number of benzene rings is 1. The molecule has 0 atom stereocenters. The average molecular weight is 451 g/mol. The lowest BCUT2D eigenvalue weighted by Crippen LogP contribution is -2.49. The van der Waals surface area contributed by atoms with Gasteiger partial charge in [-0.1, -0.05) is 19.3 Å². The average Bonchev–Trinajstić information content (AvgIpc) is 3.30. The number of hydrogen-bond acceptors (Lipinski definition) is 5. The molecule has 2 aromatic rings. The summed E-state index contributed by atoms with van der Waals surface area (Å²) in [5.41, 5.74) is -0.430. The SMILES string of the molecule is O=C(CN1CCN(CC2CCCCC2)CC1)Nc1cc(C(F)(F)F)ccc1-n1cncn1. The Labute approximate surface area is 185 Å². The molecule has 0 bridgehead atoms. The fraction of sp³-hybridized carbons (Fsp3) is 0.591. The van der Waals surface area contributed by atoms with E-state index in [1.54, 1.807) is 0 Å². The van der Waals surface area contributed by atoms with E-state index in [1.165, 1.54) is 55.5 Å². The van der Waals surface area contributed by atoms with Crippen LogP contribution in [0.25, 0.3) is 5.69 Å². The third-order valence-corrected chi connectivity index (χ3v) is 6.34. The van der Waals surface area contributed by atoms with E-state index in [1.807, 2.05) is 0 Å². The van der Waals surface area contributed by atoms with Crippen molar-refractivity contribution in [2.75, 3.05) is 44.6 Å². The Morgan fingerprint density at radius 1 is 1.06 bits per heavy atom. The predicted octanol–water partition coefficient (Wildman–Crippen LogP) is 3.42. The van der Waals surface area contributed by atoms with Gasteiger partial charge in [-0.05, 0) is 37.0 Å². The van der Waals surface area contributed by atoms with Gasteiger partial charge in [0.2, 0.25) is 5.91 Å². The molecule has 1 N–H and O–H groups in total. The van der Waals surface area contributed by atoms with Gasteiger partial charge in [0.1, 0.15) is 12.7 Å². The third-order valence-electron chi connectivity index (χ3n) is 6.34. The van der Waals surface area contributed by atoms with E-state index in [0.29, 0.717) is 5.69 Å². The maximum absolute atomic E-state index is 13.2. The minimum absolute atomic E-state index is 0.0614. The predicted molar refractivity (Wildman–Crippen MR) is 114 cm³/mol. The van der Waals surface area contributed by atoms with Gasteiger partial charge >= 0.3 is 6.18 Å². The lowest BCUT2D eigenvalue weighted by Gasteiger charge is -2.37. The quantitative estimate of drug-likeness (QED) is 0.731. The molecule has 2 aliphatic rings. The Morgan fingerprint density at radius 3 is 2.44 bits per heavy atom. The number of halogens is 3. The lowest BCUT2D eigenvalue weighted by atomic mass is 9.89. The zero-order valence-corrected chi connectivity index (χ0v) is 18.0. The molecule has 2 fully saturated rings. The van der Waals surface area contributed by atoms with Crippen molar-refractivity contribution in [2.24, 2.45) is 5.92 Å². The van der Waals surface area contributed by atoms with Gasteiger partial charge in [-0.2, -0.15) is 18.3 Å². The second-order valence-corrected chi connectivity index (χ2v) is 8.70. The number of anilines is 1. The fourth-order valence-corrected chi connectivity index (χ4v) is 4.60. The molecule has 1 saturated heterocycles. The summed E-state index contributed by atoms with van der Waals surface area (Å²) < 4.78 is 40.9. The Balaban J connectivity index is 1.34. The van der Waals surface area contributed by atoms with Crippen LogP contribution in [0.15, 0.2) is 30.9 Å². The van der Waals surface area contributed by atoms with E-state index in [-0.39, 0.29) is 18.1 Å². The molecule has 7 nitrogen and oxygen atoms in total. The summed E-state index contributed by atoms with van der Waals surface area (Å²) in [5.74, 6) is 0.445. The number of rotatable bonds is 6. The summed E-state index contributed by atoms with van der Waals surface area (Å²) in [5, 5.41) is 6.63. The van der Waals surface area contributed by atoms with Crippen molar-refractivity contribution in [1.82, 2.24) is 24.6 Å². The molecule has 1 saturated carbocycles. The second-order valence-electron chi connectivity index (χ2n) is 8.70. The number of amides is 1. The summed E-state index contributed by atoms with van der Waals surface area (Å²) in [6.45, 7) is 4.66. The second kappa shape index (κ2) is 9.99. The number of carbonyl (C=O) groups excluding carboxylic acids is 1. The van der Waals surface area contributed by atoms with Gasteiger partial charge in [-0.25, -0.2) is 9.67 Å². The van der Waals surface area contributed by atoms with Crippen molar-refractivity contribution in [3.63, 3.8) is 0 Å². The molecular formula is C22H29F3N6O. The molecular weight excluding hydrogens is 421 g/mol. The molecule has 10 heteroatoms. The molecule has 1 aromatic carbocycles. The van der Waals surface area contributed by atoms with Crippen molar-refractivity contribution in [2.45, 2.75) is 38.3 Å². The minimum Gasteiger partial charge on any atom is -0.323 e. The van der Waals surface area contributed by atoms with Gasteiger partial charge in [0.25, 0.3) is 0 Å². The Kier molecular flexibility index (Phi) is 7.10. The first-order valence-corrected chi connectivity index (χ1v) is 11.2. The largest absolute Gasteiger partial charge is 0.416 e. The number of alkyl halides is 3. The van der Waals surface area contributed by atoms with E-state index in [4.69, 9.17) is 0 Å². The highest BCUT2D eigenvalue weighted by molar-refractivity contribution is 5.94. The zero-order chi connectivity index (χ0) is 22.6. The molecule has 1 amide bonds. The van der Waals surface area contributed by atoms with Gasteiger partial charge in [-0.15, -0.1) is 0 Å². The van der Waals surface area contributed by atoms with Gasteiger partial charge in [-0.3, -0.25) is 9.69 Å². The highest BCUT2D eigenvalue weighted by Gasteiger charge is 2.31. The monoisotopic (exact) mass is 450 g/mol. The van der Waals surface area contributed by atoms with Crippen LogP contribution in [0.3, 0.4) is 0 Å². The highest BCUT2D eigenvalue weighted by atomic mass is 19.4. The molecule has 0 unspecified atom stereocenters. The van der Waals surface area contributed by atoms with Crippen LogP contribution >= 0.6 is 0 Å². The van der Waals surface area contributed by atoms with Crippen LogP contribution in [0, 0.1) is 5.92 Å². The number of aromatic nitrogens is 3. The van der Waals surface area contributed by atoms with Crippen LogP contribution in [-0.2, 0) is 11.0 Å². The van der Waals surface area contributed by atoms with Crippen LogP contribution in [0.2, 0.25) is 0 Å². The molecule has 1 aliphatic carbocycles. The third kappa shape index (κ3) is 5.86. The van der Waals surface area contributed by atoms with E-state index in [9.17, 15) is 18.0 Å². The van der Waals surface area contributed by atoms with Crippen LogP contribution in [-0.4, -0.2) is 69.7 Å². The molecule has 1 aliphatic heterocycles. The molecule has 2 heterocycles. The number of hydrogen-bond donors (Lipinski definition) is 1. The first-order chi connectivity index (χ1) is 15.4. The van der Waals surface area contributed by atoms with Crippen molar-refractivity contribution in [3.8, 4) is 5.69 Å². The molecule has 1 aromatic heterocycles. The van der Waals surface area contributed by atoms with Crippen molar-refractivity contribution in [3.05, 3.63) is 36.4 Å². The van der Waals surface area contributed by atoms with Crippen LogP contribution in [0.1, 0.15) is 37.7 Å². The van der Waals surface area contributed by atoms with E-state index < -0.39 is 11.7 Å². The Bertz CT molecular complexity index is 888. The van der Waals surface area contributed by atoms with Crippen molar-refractivity contribution >= 4 is 11.6 Å². The minimum atomic E-state index is -4.50. The van der Waals surface area contributed by atoms with Crippen molar-refractivity contribution < 1.29 is 18.0 Å². The van der Waals surface area contributed by atoms with Crippen molar-refractivity contribution in [1.29, 1.82) is 0 Å². The normalized spacial score (nSPS) is 19.2. The van der Waals surface area contributed by atoms with Gasteiger partial charge in [0.05, 0.1) is 23.5 Å². The van der Waals surface area contributed by atoms with E-state index in [2.05, 4.69) is 25.2 Å². The lowest BCUT2D eigenvalue weighted by molar-refractivity contribution is -0.137. The standard InChI is InChI=1S/C22H29F3N6O/c23-22(24,25)18-6-7-20(31-16-26-15-27-31)19(12-18)28-21(32)14-30-10-8-29(9-11-30)13-17-4-2-1-3-5-17/h6-7,12,15-17H,1-5,8-11,13-14H2,(H,28,32). The zero-order valence-electron chi connectivity index (χ0n) is 18.0. The topological polar surface area (TPSA) is 66.3 Å². The molecule has 32 heavy (non-hydrogen) atoms. The summed E-state index contributed by atoms with van der Waals surface area (Å²) in [6.07, 6.45) is 4.80. The molecule has 0 radical (unpaired) electrons. The summed E-state index contributed by atoms with van der Waals surface area (Å²) in [4.78, 5) is 21.0. The maximum Gasteiger partial charge on any atom is 0.416 e. The maximum atomic E-state index is 13.2. The van der Waals surface area contributed by atoms with E-state index in [0.717, 1.165) is 50.8 Å². The number of piperazine rings is 1. The van der Waals surface area contributed by atoms with Crippen LogP contribution < -0.4 is 5.32 Å². The first-order valence-electron chi connectivity index (χ1n) is 11.2. The summed E-state index contributed by atoms with van der Waals surface area (Å²) >= 11 is 0. The van der Waals surface area contributed by atoms with Gasteiger partial charge in [0.15, 0.2) is 0 Å². The van der Waals surface area contributed by atoms with Crippen LogP contribution in [0.4, 0.5) is 18.9 Å². The van der Waals surface area contributed by atoms with Gasteiger partial charge in [0, 0.05) is 32.7 Å². The van der Waals surface area contributed by atoms with Crippen LogP contribution in [0.5, 0.6) is 0 Å². The van der Waals surface area contributed by atoms with E-state index >= 15 is 0 Å². The number of nitrogens with zero attached hydrogens (tertiary/aromatic N) is 5.